The van der Waals surface area contributed by atoms with Crippen LogP contribution < -0.4 is 14.4 Å². The lowest BCUT2D eigenvalue weighted by molar-refractivity contribution is 0.0951. The molecular formula is C27H32N2O4S. The van der Waals surface area contributed by atoms with E-state index in [1.807, 2.05) is 44.2 Å². The highest BCUT2D eigenvalue weighted by molar-refractivity contribution is 7.92. The number of nitrogens with zero attached hydrogens (tertiary/aromatic N) is 1. The summed E-state index contributed by atoms with van der Waals surface area (Å²) in [6.07, 6.45) is 1.16. The number of amides is 1. The Hall–Kier alpha value is -3.32. The number of hydrogen-bond donors (Lipinski definition) is 1. The molecule has 0 spiro atoms. The van der Waals surface area contributed by atoms with Crippen molar-refractivity contribution >= 4 is 21.6 Å². The zero-order valence-corrected chi connectivity index (χ0v) is 20.9. The lowest BCUT2D eigenvalue weighted by atomic mass is 10.0. The predicted octanol–water partition coefficient (Wildman–Crippen LogP) is 4.97. The lowest BCUT2D eigenvalue weighted by Gasteiger charge is -2.23. The molecule has 7 heteroatoms. The molecule has 34 heavy (non-hydrogen) atoms. The Morgan fingerprint density at radius 2 is 1.62 bits per heavy atom. The van der Waals surface area contributed by atoms with Gasteiger partial charge in [0.15, 0.2) is 0 Å². The fourth-order valence-electron chi connectivity index (χ4n) is 3.56. The minimum absolute atomic E-state index is 0.0173. The van der Waals surface area contributed by atoms with Gasteiger partial charge in [0.2, 0.25) is 10.0 Å². The number of ether oxygens (including phenoxy) is 1. The molecule has 3 aromatic rings. The predicted molar refractivity (Wildman–Crippen MR) is 137 cm³/mol. The largest absolute Gasteiger partial charge is 0.491 e. The number of sulfonamides is 1. The van der Waals surface area contributed by atoms with Gasteiger partial charge in [-0.2, -0.15) is 0 Å². The average molecular weight is 481 g/mol. The first-order chi connectivity index (χ1) is 16.1. The number of carbonyl (C=O) groups is 1. The van der Waals surface area contributed by atoms with Gasteiger partial charge < -0.3 is 10.1 Å². The third-order valence-electron chi connectivity index (χ3n) is 5.36. The molecule has 1 atom stereocenters. The van der Waals surface area contributed by atoms with Crippen molar-refractivity contribution < 1.29 is 17.9 Å². The minimum Gasteiger partial charge on any atom is -0.491 e. The van der Waals surface area contributed by atoms with Gasteiger partial charge in [-0.25, -0.2) is 8.42 Å². The number of carbonyl (C=O) groups excluding carboxylic acids is 1. The minimum atomic E-state index is -3.53. The maximum absolute atomic E-state index is 12.6. The average Bonchev–Trinajstić information content (AvgIpc) is 2.80. The molecule has 6 nitrogen and oxygen atoms in total. The first-order valence-electron chi connectivity index (χ1n) is 11.3. The molecule has 0 bridgehead atoms. The van der Waals surface area contributed by atoms with E-state index in [1.54, 1.807) is 48.5 Å². The van der Waals surface area contributed by atoms with Crippen LogP contribution >= 0.6 is 0 Å². The Labute approximate surface area is 202 Å². The maximum atomic E-state index is 12.6. The van der Waals surface area contributed by atoms with Crippen molar-refractivity contribution in [3.05, 3.63) is 95.6 Å². The first kappa shape index (κ1) is 25.3. The van der Waals surface area contributed by atoms with Crippen LogP contribution in [-0.4, -0.2) is 33.2 Å². The molecule has 0 saturated carbocycles. The number of anilines is 1. The molecule has 0 heterocycles. The Balaban J connectivity index is 1.68. The molecule has 0 aliphatic rings. The summed E-state index contributed by atoms with van der Waals surface area (Å²) in [6.45, 7) is 6.58. The summed E-state index contributed by atoms with van der Waals surface area (Å²) in [5.74, 6) is 0.647. The van der Waals surface area contributed by atoms with Crippen molar-refractivity contribution in [2.75, 3.05) is 17.1 Å². The summed E-state index contributed by atoms with van der Waals surface area (Å²) in [5, 5.41) is 2.97. The van der Waals surface area contributed by atoms with E-state index in [-0.39, 0.29) is 24.5 Å². The third-order valence-corrected chi connectivity index (χ3v) is 6.50. The van der Waals surface area contributed by atoms with Gasteiger partial charge in [0.05, 0.1) is 24.6 Å². The van der Waals surface area contributed by atoms with Gasteiger partial charge in [0.1, 0.15) is 5.75 Å². The van der Waals surface area contributed by atoms with Crippen molar-refractivity contribution in [2.24, 2.45) is 0 Å². The van der Waals surface area contributed by atoms with E-state index in [0.717, 1.165) is 5.56 Å². The van der Waals surface area contributed by atoms with Crippen molar-refractivity contribution in [1.82, 2.24) is 5.32 Å². The van der Waals surface area contributed by atoms with Crippen LogP contribution in [0.1, 0.15) is 48.2 Å². The standard InChI is InChI=1S/C27H32N2O4S/c1-20(2)33-26-12-8-11-25(17-26)29(34(4,31)32)19-22-13-15-24(16-14-22)27(30)28-18-21(3)23-9-6-5-7-10-23/h5-17,20-21H,18-19H2,1-4H3,(H,28,30)/t21-/m0/s1. The lowest BCUT2D eigenvalue weighted by Crippen LogP contribution is -2.29. The second-order valence-electron chi connectivity index (χ2n) is 8.65. The van der Waals surface area contributed by atoms with Gasteiger partial charge in [-0.3, -0.25) is 9.10 Å². The normalized spacial score (nSPS) is 12.3. The second kappa shape index (κ2) is 11.2. The summed E-state index contributed by atoms with van der Waals surface area (Å²) in [4.78, 5) is 12.6. The fourth-order valence-corrected chi connectivity index (χ4v) is 4.44. The van der Waals surface area contributed by atoms with Gasteiger partial charge in [-0.1, -0.05) is 55.5 Å². The van der Waals surface area contributed by atoms with E-state index in [1.165, 1.54) is 16.1 Å². The molecule has 1 N–H and O–H groups in total. The number of nitrogens with one attached hydrogen (secondary N) is 1. The van der Waals surface area contributed by atoms with Crippen molar-refractivity contribution in [2.45, 2.75) is 39.3 Å². The molecule has 0 fully saturated rings. The Kier molecular flexibility index (Phi) is 8.34. The monoisotopic (exact) mass is 480 g/mol. The van der Waals surface area contributed by atoms with Crippen LogP contribution in [0, 0.1) is 0 Å². The van der Waals surface area contributed by atoms with E-state index in [0.29, 0.717) is 23.5 Å². The van der Waals surface area contributed by atoms with Crippen molar-refractivity contribution in [3.8, 4) is 5.75 Å². The maximum Gasteiger partial charge on any atom is 0.251 e. The molecular weight excluding hydrogens is 448 g/mol. The highest BCUT2D eigenvalue weighted by Crippen LogP contribution is 2.26. The highest BCUT2D eigenvalue weighted by Gasteiger charge is 2.19. The molecule has 3 aromatic carbocycles. The molecule has 0 saturated heterocycles. The van der Waals surface area contributed by atoms with Crippen LogP contribution in [0.25, 0.3) is 0 Å². The quantitative estimate of drug-likeness (QED) is 0.444. The van der Waals surface area contributed by atoms with E-state index in [2.05, 4.69) is 12.2 Å². The number of rotatable bonds is 10. The van der Waals surface area contributed by atoms with E-state index in [9.17, 15) is 13.2 Å². The van der Waals surface area contributed by atoms with Gasteiger partial charge in [0, 0.05) is 18.2 Å². The van der Waals surface area contributed by atoms with Crippen LogP contribution in [0.4, 0.5) is 5.69 Å². The SMILES string of the molecule is CC(C)Oc1cccc(N(Cc2ccc(C(=O)NC[C@H](C)c3ccccc3)cc2)S(C)(=O)=O)c1. The molecule has 180 valence electrons. The van der Waals surface area contributed by atoms with Crippen LogP contribution in [-0.2, 0) is 16.6 Å². The summed E-state index contributed by atoms with van der Waals surface area (Å²) in [6, 6.07) is 24.1. The molecule has 0 aromatic heterocycles. The van der Waals surface area contributed by atoms with Gasteiger partial charge >= 0.3 is 0 Å². The van der Waals surface area contributed by atoms with Crippen LogP contribution in [0.2, 0.25) is 0 Å². The fraction of sp³-hybridized carbons (Fsp3) is 0.296. The molecule has 0 unspecified atom stereocenters. The zero-order valence-electron chi connectivity index (χ0n) is 20.1. The summed E-state index contributed by atoms with van der Waals surface area (Å²) >= 11 is 0. The third kappa shape index (κ3) is 7.09. The molecule has 0 radical (unpaired) electrons. The van der Waals surface area contributed by atoms with Gasteiger partial charge in [0.25, 0.3) is 5.91 Å². The summed E-state index contributed by atoms with van der Waals surface area (Å²) in [7, 11) is -3.53. The molecule has 1 amide bonds. The number of hydrogen-bond acceptors (Lipinski definition) is 4. The van der Waals surface area contributed by atoms with Crippen LogP contribution in [0.15, 0.2) is 78.9 Å². The van der Waals surface area contributed by atoms with Crippen molar-refractivity contribution in [1.29, 1.82) is 0 Å². The Morgan fingerprint density at radius 3 is 2.24 bits per heavy atom. The molecule has 0 aliphatic heterocycles. The second-order valence-corrected chi connectivity index (χ2v) is 10.6. The van der Waals surface area contributed by atoms with Crippen molar-refractivity contribution in [3.63, 3.8) is 0 Å². The smallest absolute Gasteiger partial charge is 0.251 e. The summed E-state index contributed by atoms with van der Waals surface area (Å²) < 4.78 is 32.1. The summed E-state index contributed by atoms with van der Waals surface area (Å²) in [5.41, 5.74) is 3.00. The van der Waals surface area contributed by atoms with E-state index in [4.69, 9.17) is 4.74 Å². The van der Waals surface area contributed by atoms with Gasteiger partial charge in [-0.15, -0.1) is 0 Å². The van der Waals surface area contributed by atoms with Gasteiger partial charge in [-0.05, 0) is 55.2 Å². The van der Waals surface area contributed by atoms with E-state index >= 15 is 0 Å². The molecule has 0 aliphatic carbocycles. The zero-order chi connectivity index (χ0) is 24.7. The first-order valence-corrected chi connectivity index (χ1v) is 13.1. The Morgan fingerprint density at radius 1 is 0.941 bits per heavy atom. The van der Waals surface area contributed by atoms with Crippen LogP contribution in [0.3, 0.4) is 0 Å². The van der Waals surface area contributed by atoms with E-state index < -0.39 is 10.0 Å². The number of benzene rings is 3. The highest BCUT2D eigenvalue weighted by atomic mass is 32.2. The topological polar surface area (TPSA) is 75.7 Å². The van der Waals surface area contributed by atoms with Crippen LogP contribution in [0.5, 0.6) is 5.75 Å². The Bertz CT molecular complexity index is 1190. The molecule has 3 rings (SSSR count).